The van der Waals surface area contributed by atoms with Crippen molar-refractivity contribution in [3.05, 3.63) is 59.7 Å². The van der Waals surface area contributed by atoms with Crippen molar-refractivity contribution in [3.63, 3.8) is 0 Å². The van der Waals surface area contributed by atoms with E-state index in [1.54, 1.807) is 0 Å². The summed E-state index contributed by atoms with van der Waals surface area (Å²) in [5.41, 5.74) is 9.40. The summed E-state index contributed by atoms with van der Waals surface area (Å²) in [5.74, 6) is 0. The Bertz CT molecular complexity index is 753. The minimum Gasteiger partial charge on any atom is -0.389 e. The molecule has 3 N–H and O–H groups in total. The van der Waals surface area contributed by atoms with Gasteiger partial charge in [-0.2, -0.15) is 0 Å². The first-order chi connectivity index (χ1) is 9.87. The lowest BCUT2D eigenvalue weighted by Gasteiger charge is -2.09. The topological polar surface area (TPSA) is 72.2 Å². The average molecular weight is 320 g/mol. The molecular weight excluding hydrogens is 304 g/mol. The van der Waals surface area contributed by atoms with Crippen LogP contribution in [0.15, 0.2) is 48.5 Å². The van der Waals surface area contributed by atoms with Crippen LogP contribution in [0.5, 0.6) is 0 Å². The molecule has 0 aliphatic rings. The number of benzene rings is 2. The summed E-state index contributed by atoms with van der Waals surface area (Å²) in [5, 5.41) is 0. The van der Waals surface area contributed by atoms with Gasteiger partial charge in [0.15, 0.2) is 0 Å². The molecule has 0 spiro atoms. The molecule has 0 bridgehead atoms. The molecule has 4 nitrogen and oxygen atoms in total. The van der Waals surface area contributed by atoms with Crippen LogP contribution >= 0.6 is 12.2 Å². The Labute approximate surface area is 130 Å². The van der Waals surface area contributed by atoms with Gasteiger partial charge in [0.25, 0.3) is 0 Å². The average Bonchev–Trinajstić information content (AvgIpc) is 2.45. The molecule has 0 atom stereocenters. The molecule has 0 radical (unpaired) electrons. The van der Waals surface area contributed by atoms with Gasteiger partial charge < -0.3 is 5.73 Å². The number of hydrogen-bond acceptors (Lipinski definition) is 3. The summed E-state index contributed by atoms with van der Waals surface area (Å²) >= 11 is 5.06. The number of rotatable bonds is 5. The van der Waals surface area contributed by atoms with E-state index in [2.05, 4.69) is 4.72 Å². The van der Waals surface area contributed by atoms with Crippen LogP contribution in [-0.4, -0.2) is 19.7 Å². The second-order valence-corrected chi connectivity index (χ2v) is 6.97. The lowest BCUT2D eigenvalue weighted by molar-refractivity contribution is 0.587. The van der Waals surface area contributed by atoms with Gasteiger partial charge in [-0.1, -0.05) is 60.7 Å². The molecule has 2 aromatic carbocycles. The fourth-order valence-electron chi connectivity index (χ4n) is 1.97. The molecule has 0 saturated heterocycles. The van der Waals surface area contributed by atoms with Crippen LogP contribution in [0.1, 0.15) is 11.1 Å². The van der Waals surface area contributed by atoms with Gasteiger partial charge in [0.1, 0.15) is 4.99 Å². The van der Waals surface area contributed by atoms with Crippen LogP contribution < -0.4 is 10.5 Å². The maximum Gasteiger partial charge on any atom is 0.209 e. The number of hydrogen-bond donors (Lipinski definition) is 2. The third-order valence-electron chi connectivity index (χ3n) is 3.00. The van der Waals surface area contributed by atoms with Gasteiger partial charge in [0.05, 0.1) is 6.26 Å². The van der Waals surface area contributed by atoms with Crippen LogP contribution in [0.2, 0.25) is 0 Å². The zero-order valence-corrected chi connectivity index (χ0v) is 13.2. The number of thiocarbonyl (C=S) groups is 1. The van der Waals surface area contributed by atoms with Gasteiger partial charge in [-0.15, -0.1) is 0 Å². The minimum atomic E-state index is -3.19. The standard InChI is InChI=1S/C15H16N2O2S2/c1-21(18,19)17-10-11-6-8-12(9-7-11)13-4-2-3-5-14(13)15(16)20/h2-9,17H,10H2,1H3,(H2,16,20). The Hall–Kier alpha value is -1.76. The Kier molecular flexibility index (Phi) is 4.72. The quantitative estimate of drug-likeness (QED) is 0.827. The second-order valence-electron chi connectivity index (χ2n) is 4.70. The van der Waals surface area contributed by atoms with E-state index in [1.165, 1.54) is 0 Å². The molecule has 21 heavy (non-hydrogen) atoms. The molecule has 0 fully saturated rings. The highest BCUT2D eigenvalue weighted by molar-refractivity contribution is 7.88. The van der Waals surface area contributed by atoms with Gasteiger partial charge >= 0.3 is 0 Å². The molecule has 0 aliphatic heterocycles. The molecular formula is C15H16N2O2S2. The van der Waals surface area contributed by atoms with E-state index in [4.69, 9.17) is 18.0 Å². The Morgan fingerprint density at radius 3 is 2.33 bits per heavy atom. The summed E-state index contributed by atoms with van der Waals surface area (Å²) in [4.78, 5) is 0.355. The first-order valence-electron chi connectivity index (χ1n) is 6.29. The number of nitrogens with two attached hydrogens (primary N) is 1. The van der Waals surface area contributed by atoms with Crippen LogP contribution in [0.25, 0.3) is 11.1 Å². The Morgan fingerprint density at radius 2 is 1.76 bits per heavy atom. The van der Waals surface area contributed by atoms with Crippen molar-refractivity contribution in [2.75, 3.05) is 6.26 Å². The predicted octanol–water partition coefficient (Wildman–Crippen LogP) is 2.04. The highest BCUT2D eigenvalue weighted by atomic mass is 32.2. The van der Waals surface area contributed by atoms with E-state index in [0.29, 0.717) is 4.99 Å². The molecule has 110 valence electrons. The first-order valence-corrected chi connectivity index (χ1v) is 8.59. The molecule has 0 unspecified atom stereocenters. The summed E-state index contributed by atoms with van der Waals surface area (Å²) in [6.45, 7) is 0.274. The van der Waals surface area contributed by atoms with E-state index in [9.17, 15) is 8.42 Å². The van der Waals surface area contributed by atoms with Crippen molar-refractivity contribution in [2.45, 2.75) is 6.54 Å². The molecule has 0 aliphatic carbocycles. The lowest BCUT2D eigenvalue weighted by Crippen LogP contribution is -2.21. The summed E-state index contributed by atoms with van der Waals surface area (Å²) in [6.07, 6.45) is 1.14. The summed E-state index contributed by atoms with van der Waals surface area (Å²) in [6, 6.07) is 15.3. The van der Waals surface area contributed by atoms with E-state index in [-0.39, 0.29) is 6.54 Å². The normalized spacial score (nSPS) is 11.3. The van der Waals surface area contributed by atoms with Crippen molar-refractivity contribution in [3.8, 4) is 11.1 Å². The van der Waals surface area contributed by atoms with Crippen LogP contribution in [0, 0.1) is 0 Å². The third-order valence-corrected chi connectivity index (χ3v) is 3.88. The molecule has 0 aromatic heterocycles. The van der Waals surface area contributed by atoms with Crippen LogP contribution in [0.3, 0.4) is 0 Å². The number of sulfonamides is 1. The van der Waals surface area contributed by atoms with Crippen molar-refractivity contribution < 1.29 is 8.42 Å². The predicted molar refractivity (Wildman–Crippen MR) is 89.4 cm³/mol. The van der Waals surface area contributed by atoms with E-state index in [0.717, 1.165) is 28.5 Å². The molecule has 0 saturated carbocycles. The number of nitrogens with one attached hydrogen (secondary N) is 1. The molecule has 0 heterocycles. The first kappa shape index (κ1) is 15.6. The summed E-state index contributed by atoms with van der Waals surface area (Å²) in [7, 11) is -3.19. The molecule has 6 heteroatoms. The Morgan fingerprint density at radius 1 is 1.14 bits per heavy atom. The summed E-state index contributed by atoms with van der Waals surface area (Å²) < 4.78 is 24.6. The van der Waals surface area contributed by atoms with Gasteiger partial charge in [-0.05, 0) is 16.7 Å². The molecule has 2 aromatic rings. The van der Waals surface area contributed by atoms with Crippen molar-refractivity contribution in [2.24, 2.45) is 5.73 Å². The van der Waals surface area contributed by atoms with Crippen LogP contribution in [0.4, 0.5) is 0 Å². The molecule has 0 amide bonds. The second kappa shape index (κ2) is 6.34. The fraction of sp³-hybridized carbons (Fsp3) is 0.133. The van der Waals surface area contributed by atoms with Crippen molar-refractivity contribution in [1.82, 2.24) is 4.72 Å². The maximum atomic E-state index is 11.1. The SMILES string of the molecule is CS(=O)(=O)NCc1ccc(-c2ccccc2C(N)=S)cc1. The zero-order valence-electron chi connectivity index (χ0n) is 11.5. The van der Waals surface area contributed by atoms with E-state index >= 15 is 0 Å². The smallest absolute Gasteiger partial charge is 0.209 e. The minimum absolute atomic E-state index is 0.274. The van der Waals surface area contributed by atoms with Gasteiger partial charge in [-0.3, -0.25) is 0 Å². The van der Waals surface area contributed by atoms with Gasteiger partial charge in [0.2, 0.25) is 10.0 Å². The van der Waals surface area contributed by atoms with Crippen molar-refractivity contribution >= 4 is 27.2 Å². The monoisotopic (exact) mass is 320 g/mol. The van der Waals surface area contributed by atoms with Gasteiger partial charge in [0, 0.05) is 12.1 Å². The van der Waals surface area contributed by atoms with Crippen LogP contribution in [-0.2, 0) is 16.6 Å². The lowest BCUT2D eigenvalue weighted by atomic mass is 9.99. The van der Waals surface area contributed by atoms with E-state index < -0.39 is 10.0 Å². The largest absolute Gasteiger partial charge is 0.389 e. The maximum absolute atomic E-state index is 11.1. The fourth-order valence-corrected chi connectivity index (χ4v) is 2.57. The Balaban J connectivity index is 2.25. The highest BCUT2D eigenvalue weighted by Gasteiger charge is 2.07. The van der Waals surface area contributed by atoms with Gasteiger partial charge in [-0.25, -0.2) is 13.1 Å². The third kappa shape index (κ3) is 4.35. The zero-order chi connectivity index (χ0) is 15.5. The highest BCUT2D eigenvalue weighted by Crippen LogP contribution is 2.24. The molecule has 2 rings (SSSR count). The van der Waals surface area contributed by atoms with Crippen molar-refractivity contribution in [1.29, 1.82) is 0 Å². The van der Waals surface area contributed by atoms with E-state index in [1.807, 2.05) is 48.5 Å².